The van der Waals surface area contributed by atoms with Crippen LogP contribution in [0.2, 0.25) is 0 Å². The van der Waals surface area contributed by atoms with Crippen LogP contribution in [-0.4, -0.2) is 35.7 Å². The molecule has 0 aliphatic carbocycles. The van der Waals surface area contributed by atoms with Gasteiger partial charge in [0, 0.05) is 18.3 Å². The minimum absolute atomic E-state index is 0.261. The molecule has 0 aliphatic heterocycles. The second-order valence-corrected chi connectivity index (χ2v) is 6.13. The molecule has 26 heavy (non-hydrogen) atoms. The van der Waals surface area contributed by atoms with Gasteiger partial charge in [-0.05, 0) is 45.9 Å². The Labute approximate surface area is 154 Å². The first kappa shape index (κ1) is 19.8. The van der Waals surface area contributed by atoms with E-state index in [1.165, 1.54) is 0 Å². The lowest BCUT2D eigenvalue weighted by Gasteiger charge is -2.23. The fourth-order valence-corrected chi connectivity index (χ4v) is 2.38. The summed E-state index contributed by atoms with van der Waals surface area (Å²) in [6.45, 7) is 9.40. The van der Waals surface area contributed by atoms with Gasteiger partial charge >= 0.3 is 0 Å². The van der Waals surface area contributed by atoms with Crippen molar-refractivity contribution in [2.24, 2.45) is 4.99 Å². The van der Waals surface area contributed by atoms with E-state index in [1.807, 2.05) is 39.0 Å². The van der Waals surface area contributed by atoms with Crippen molar-refractivity contribution in [1.29, 1.82) is 0 Å². The molecule has 2 aromatic heterocycles. The molecular weight excluding hydrogens is 332 g/mol. The molecule has 0 fully saturated rings. The number of aryl methyl sites for hydroxylation is 1. The average molecular weight is 360 g/mol. The van der Waals surface area contributed by atoms with Crippen LogP contribution in [0.25, 0.3) is 0 Å². The van der Waals surface area contributed by atoms with Crippen molar-refractivity contribution in [2.75, 3.05) is 19.7 Å². The third-order valence-corrected chi connectivity index (χ3v) is 3.75. The predicted molar refractivity (Wildman–Crippen MR) is 101 cm³/mol. The molecule has 0 amide bonds. The first-order chi connectivity index (χ1) is 12.5. The summed E-state index contributed by atoms with van der Waals surface area (Å²) >= 11 is 0. The number of hydrogen-bond acceptors (Lipinski definition) is 5. The summed E-state index contributed by atoms with van der Waals surface area (Å²) in [5.74, 6) is 2.47. The maximum absolute atomic E-state index is 10.6. The summed E-state index contributed by atoms with van der Waals surface area (Å²) in [7, 11) is 0. The first-order valence-electron chi connectivity index (χ1n) is 8.84. The summed E-state index contributed by atoms with van der Waals surface area (Å²) in [6.07, 6.45) is 1.70. The number of aliphatic imine (C=N–C) groups is 1. The number of hydrogen-bond donors (Lipinski definition) is 3. The summed E-state index contributed by atoms with van der Waals surface area (Å²) in [5.41, 5.74) is -0.241. The number of pyridine rings is 1. The number of nitrogens with one attached hydrogen (secondary N) is 2. The number of rotatable bonds is 8. The van der Waals surface area contributed by atoms with Gasteiger partial charge in [0.05, 0.1) is 19.7 Å². The second-order valence-electron chi connectivity index (χ2n) is 6.13. The van der Waals surface area contributed by atoms with E-state index in [-0.39, 0.29) is 6.54 Å². The van der Waals surface area contributed by atoms with Crippen molar-refractivity contribution in [3.8, 4) is 5.88 Å². The molecule has 0 aromatic carbocycles. The Morgan fingerprint density at radius 3 is 2.77 bits per heavy atom. The lowest BCUT2D eigenvalue weighted by molar-refractivity contribution is 0.0378. The molecule has 1 atom stereocenters. The Bertz CT molecular complexity index is 725. The Kier molecular flexibility index (Phi) is 7.03. The van der Waals surface area contributed by atoms with E-state index in [4.69, 9.17) is 9.15 Å². The molecule has 0 radical (unpaired) electrons. The molecule has 2 heterocycles. The molecule has 142 valence electrons. The monoisotopic (exact) mass is 360 g/mol. The normalized spacial score (nSPS) is 14.0. The molecule has 0 bridgehead atoms. The van der Waals surface area contributed by atoms with E-state index in [0.717, 1.165) is 11.3 Å². The van der Waals surface area contributed by atoms with Gasteiger partial charge in [0.15, 0.2) is 5.96 Å². The Morgan fingerprint density at radius 2 is 2.12 bits per heavy atom. The van der Waals surface area contributed by atoms with E-state index in [2.05, 4.69) is 20.6 Å². The number of aromatic nitrogens is 1. The maximum atomic E-state index is 10.6. The van der Waals surface area contributed by atoms with Crippen molar-refractivity contribution in [1.82, 2.24) is 15.6 Å². The van der Waals surface area contributed by atoms with Crippen LogP contribution in [0.4, 0.5) is 0 Å². The average Bonchev–Trinajstić information content (AvgIpc) is 3.06. The number of ether oxygens (including phenoxy) is 1. The molecule has 0 aliphatic rings. The van der Waals surface area contributed by atoms with Crippen LogP contribution in [0.5, 0.6) is 5.88 Å². The highest BCUT2D eigenvalue weighted by atomic mass is 16.5. The zero-order chi connectivity index (χ0) is 19.0. The number of guanidine groups is 1. The fourth-order valence-electron chi connectivity index (χ4n) is 2.38. The lowest BCUT2D eigenvalue weighted by Crippen LogP contribution is -2.44. The summed E-state index contributed by atoms with van der Waals surface area (Å²) in [6, 6.07) is 7.41. The quantitative estimate of drug-likeness (QED) is 0.494. The van der Waals surface area contributed by atoms with Gasteiger partial charge in [-0.2, -0.15) is 0 Å². The molecule has 1 unspecified atom stereocenters. The van der Waals surface area contributed by atoms with Crippen molar-refractivity contribution >= 4 is 5.96 Å². The Morgan fingerprint density at radius 1 is 1.31 bits per heavy atom. The van der Waals surface area contributed by atoms with Gasteiger partial charge in [-0.25, -0.2) is 9.98 Å². The van der Waals surface area contributed by atoms with Gasteiger partial charge in [0.2, 0.25) is 5.88 Å². The molecule has 7 heteroatoms. The van der Waals surface area contributed by atoms with E-state index in [0.29, 0.717) is 37.3 Å². The minimum atomic E-state index is -1.14. The van der Waals surface area contributed by atoms with Crippen LogP contribution < -0.4 is 15.4 Å². The van der Waals surface area contributed by atoms with Gasteiger partial charge in [-0.3, -0.25) is 0 Å². The topological polar surface area (TPSA) is 91.9 Å². The smallest absolute Gasteiger partial charge is 0.218 e. The highest BCUT2D eigenvalue weighted by Gasteiger charge is 2.27. The molecule has 0 saturated carbocycles. The maximum Gasteiger partial charge on any atom is 0.218 e. The third-order valence-electron chi connectivity index (χ3n) is 3.75. The van der Waals surface area contributed by atoms with Gasteiger partial charge in [-0.1, -0.05) is 6.07 Å². The zero-order valence-corrected chi connectivity index (χ0v) is 15.9. The first-order valence-corrected chi connectivity index (χ1v) is 8.84. The van der Waals surface area contributed by atoms with Crippen LogP contribution in [0.15, 0.2) is 39.9 Å². The van der Waals surface area contributed by atoms with Crippen LogP contribution in [0.1, 0.15) is 37.9 Å². The third kappa shape index (κ3) is 5.49. The SMILES string of the molecule is CCNC(=NCc1cccnc1OCC)NCC(C)(O)c1ccc(C)o1. The Hall–Kier alpha value is -2.54. The molecular formula is C19H28N4O3. The predicted octanol–water partition coefficient (Wildman–Crippen LogP) is 2.34. The summed E-state index contributed by atoms with van der Waals surface area (Å²) in [4.78, 5) is 8.80. The fraction of sp³-hybridized carbons (Fsp3) is 0.474. The van der Waals surface area contributed by atoms with Crippen LogP contribution in [0, 0.1) is 6.92 Å². The Balaban J connectivity index is 2.05. The number of nitrogens with zero attached hydrogens (tertiary/aromatic N) is 2. The van der Waals surface area contributed by atoms with Crippen molar-refractivity contribution in [2.45, 2.75) is 39.8 Å². The zero-order valence-electron chi connectivity index (χ0n) is 15.9. The highest BCUT2D eigenvalue weighted by molar-refractivity contribution is 5.79. The van der Waals surface area contributed by atoms with Crippen molar-refractivity contribution in [3.05, 3.63) is 47.5 Å². The summed E-state index contributed by atoms with van der Waals surface area (Å²) in [5, 5.41) is 17.0. The van der Waals surface area contributed by atoms with E-state index >= 15 is 0 Å². The molecule has 2 rings (SSSR count). The molecule has 0 saturated heterocycles. The van der Waals surface area contributed by atoms with Gasteiger partial charge in [0.25, 0.3) is 0 Å². The summed E-state index contributed by atoms with van der Waals surface area (Å²) < 4.78 is 11.1. The number of aliphatic hydroxyl groups is 1. The van der Waals surface area contributed by atoms with Gasteiger partial charge < -0.3 is 24.9 Å². The van der Waals surface area contributed by atoms with E-state index in [1.54, 1.807) is 19.2 Å². The standard InChI is InChI=1S/C19H28N4O3/c1-5-20-18(22-12-15-8-7-11-21-17(15)25-6-2)23-13-19(4,24)16-10-9-14(3)26-16/h7-11,24H,5-6,12-13H2,1-4H3,(H2,20,22,23). The van der Waals surface area contributed by atoms with Gasteiger partial charge in [-0.15, -0.1) is 0 Å². The van der Waals surface area contributed by atoms with Crippen molar-refractivity contribution in [3.63, 3.8) is 0 Å². The van der Waals surface area contributed by atoms with E-state index < -0.39 is 5.60 Å². The number of furan rings is 1. The second kappa shape index (κ2) is 9.24. The highest BCUT2D eigenvalue weighted by Crippen LogP contribution is 2.22. The van der Waals surface area contributed by atoms with Crippen LogP contribution in [0.3, 0.4) is 0 Å². The van der Waals surface area contributed by atoms with Crippen LogP contribution >= 0.6 is 0 Å². The van der Waals surface area contributed by atoms with Crippen molar-refractivity contribution < 1.29 is 14.3 Å². The minimum Gasteiger partial charge on any atom is -0.478 e. The van der Waals surface area contributed by atoms with Crippen LogP contribution in [-0.2, 0) is 12.1 Å². The van der Waals surface area contributed by atoms with E-state index in [9.17, 15) is 5.11 Å². The van der Waals surface area contributed by atoms with Gasteiger partial charge in [0.1, 0.15) is 17.1 Å². The molecule has 7 nitrogen and oxygen atoms in total. The molecule has 3 N–H and O–H groups in total. The molecule has 0 spiro atoms. The lowest BCUT2D eigenvalue weighted by atomic mass is 10.0. The molecule has 2 aromatic rings. The largest absolute Gasteiger partial charge is 0.478 e.